The first-order valence-electron chi connectivity index (χ1n) is 6.23. The van der Waals surface area contributed by atoms with E-state index in [0.29, 0.717) is 5.92 Å². The van der Waals surface area contributed by atoms with Crippen LogP contribution in [0.5, 0.6) is 0 Å². The second-order valence-corrected chi connectivity index (χ2v) is 5.43. The molecule has 4 nitrogen and oxygen atoms in total. The van der Waals surface area contributed by atoms with Crippen molar-refractivity contribution in [1.29, 1.82) is 0 Å². The van der Waals surface area contributed by atoms with E-state index in [-0.39, 0.29) is 0 Å². The Labute approximate surface area is 105 Å². The van der Waals surface area contributed by atoms with Crippen LogP contribution in [0.25, 0.3) is 11.0 Å². The predicted molar refractivity (Wildman–Crippen MR) is 68.7 cm³/mol. The highest BCUT2D eigenvalue weighted by Crippen LogP contribution is 2.42. The zero-order chi connectivity index (χ0) is 12.9. The fraction of sp³-hybridized carbons (Fsp3) is 0.429. The molecule has 0 unspecified atom stereocenters. The molecule has 0 radical (unpaired) electrons. The molecule has 18 heavy (non-hydrogen) atoms. The molecule has 2 aromatic rings. The number of rotatable bonds is 3. The van der Waals surface area contributed by atoms with E-state index < -0.39 is 11.5 Å². The normalized spacial score (nSPS) is 16.1. The molecule has 4 heteroatoms. The summed E-state index contributed by atoms with van der Waals surface area (Å²) >= 11 is 0. The van der Waals surface area contributed by atoms with E-state index in [1.54, 1.807) is 13.8 Å². The lowest BCUT2D eigenvalue weighted by molar-refractivity contribution is -0.145. The summed E-state index contributed by atoms with van der Waals surface area (Å²) < 4.78 is 1.89. The van der Waals surface area contributed by atoms with Gasteiger partial charge in [0.05, 0.1) is 11.0 Å². The Balaban J connectivity index is 2.30. The molecule has 1 fully saturated rings. The minimum absolute atomic E-state index is 0.427. The Morgan fingerprint density at radius 1 is 1.39 bits per heavy atom. The maximum Gasteiger partial charge on any atom is 0.329 e. The quantitative estimate of drug-likeness (QED) is 0.903. The summed E-state index contributed by atoms with van der Waals surface area (Å²) in [5, 5.41) is 9.45. The molecular formula is C14H16N2O2. The largest absolute Gasteiger partial charge is 0.480 e. The van der Waals surface area contributed by atoms with E-state index in [0.717, 1.165) is 29.7 Å². The number of hydrogen-bond acceptors (Lipinski definition) is 2. The van der Waals surface area contributed by atoms with Crippen molar-refractivity contribution in [3.63, 3.8) is 0 Å². The number of nitrogens with zero attached hydrogens (tertiary/aromatic N) is 2. The third-order valence-corrected chi connectivity index (χ3v) is 3.61. The van der Waals surface area contributed by atoms with Gasteiger partial charge in [-0.2, -0.15) is 0 Å². The summed E-state index contributed by atoms with van der Waals surface area (Å²) in [6.45, 7) is 3.46. The van der Waals surface area contributed by atoms with E-state index in [2.05, 4.69) is 4.98 Å². The Bertz CT molecular complexity index is 624. The monoisotopic (exact) mass is 244 g/mol. The minimum Gasteiger partial charge on any atom is -0.480 e. The van der Waals surface area contributed by atoms with Crippen LogP contribution in [0.15, 0.2) is 24.3 Å². The number of carboxylic acids is 1. The van der Waals surface area contributed by atoms with Crippen molar-refractivity contribution in [1.82, 2.24) is 9.55 Å². The van der Waals surface area contributed by atoms with Crippen molar-refractivity contribution in [3.8, 4) is 0 Å². The lowest BCUT2D eigenvalue weighted by Crippen LogP contribution is -2.36. The van der Waals surface area contributed by atoms with Crippen molar-refractivity contribution in [3.05, 3.63) is 30.1 Å². The smallest absolute Gasteiger partial charge is 0.329 e. The third kappa shape index (κ3) is 1.52. The van der Waals surface area contributed by atoms with Gasteiger partial charge in [0.2, 0.25) is 0 Å². The van der Waals surface area contributed by atoms with Crippen molar-refractivity contribution < 1.29 is 9.90 Å². The standard InChI is InChI=1S/C14H16N2O2/c1-14(2,13(17)18)16-11-6-4-3-5-10(11)15-12(16)9-7-8-9/h3-6,9H,7-8H2,1-2H3,(H,17,18). The van der Waals surface area contributed by atoms with Crippen molar-refractivity contribution in [2.24, 2.45) is 0 Å². The number of hydrogen-bond donors (Lipinski definition) is 1. The topological polar surface area (TPSA) is 55.1 Å². The van der Waals surface area contributed by atoms with Gasteiger partial charge >= 0.3 is 5.97 Å². The molecule has 0 saturated heterocycles. The van der Waals surface area contributed by atoms with Gasteiger partial charge in [-0.25, -0.2) is 9.78 Å². The Kier molecular flexibility index (Phi) is 2.24. The van der Waals surface area contributed by atoms with Crippen LogP contribution >= 0.6 is 0 Å². The second-order valence-electron chi connectivity index (χ2n) is 5.43. The molecule has 0 atom stereocenters. The van der Waals surface area contributed by atoms with Crippen LogP contribution in [0, 0.1) is 0 Å². The number of para-hydroxylation sites is 2. The van der Waals surface area contributed by atoms with E-state index in [9.17, 15) is 9.90 Å². The first-order chi connectivity index (χ1) is 8.51. The average Bonchev–Trinajstić information content (AvgIpc) is 3.08. The molecule has 3 rings (SSSR count). The van der Waals surface area contributed by atoms with Crippen LogP contribution in [0.3, 0.4) is 0 Å². The zero-order valence-electron chi connectivity index (χ0n) is 10.6. The van der Waals surface area contributed by atoms with Crippen LogP contribution in [0.1, 0.15) is 38.4 Å². The van der Waals surface area contributed by atoms with Crippen LogP contribution in [-0.4, -0.2) is 20.6 Å². The predicted octanol–water partition coefficient (Wildman–Crippen LogP) is 2.73. The van der Waals surface area contributed by atoms with E-state index in [1.807, 2.05) is 28.8 Å². The summed E-state index contributed by atoms with van der Waals surface area (Å²) in [5.74, 6) is 0.521. The number of aromatic nitrogens is 2. The highest BCUT2D eigenvalue weighted by atomic mass is 16.4. The van der Waals surface area contributed by atoms with Gasteiger partial charge in [0.25, 0.3) is 0 Å². The maximum atomic E-state index is 11.5. The molecular weight excluding hydrogens is 228 g/mol. The van der Waals surface area contributed by atoms with Gasteiger partial charge in [-0.1, -0.05) is 12.1 Å². The summed E-state index contributed by atoms with van der Waals surface area (Å²) in [4.78, 5) is 16.1. The molecule has 1 aromatic heterocycles. The van der Waals surface area contributed by atoms with Crippen molar-refractivity contribution in [2.75, 3.05) is 0 Å². The molecule has 0 aliphatic heterocycles. The van der Waals surface area contributed by atoms with Gasteiger partial charge < -0.3 is 9.67 Å². The van der Waals surface area contributed by atoms with Crippen LogP contribution < -0.4 is 0 Å². The van der Waals surface area contributed by atoms with Gasteiger partial charge in [-0.15, -0.1) is 0 Å². The van der Waals surface area contributed by atoms with E-state index in [1.165, 1.54) is 0 Å². The number of benzene rings is 1. The van der Waals surface area contributed by atoms with Gasteiger partial charge in [0, 0.05) is 5.92 Å². The number of carbonyl (C=O) groups is 1. The van der Waals surface area contributed by atoms with E-state index in [4.69, 9.17) is 0 Å². The summed E-state index contributed by atoms with van der Waals surface area (Å²) in [6.07, 6.45) is 2.22. The average molecular weight is 244 g/mol. The molecule has 1 N–H and O–H groups in total. The molecule has 1 aliphatic rings. The van der Waals surface area contributed by atoms with Gasteiger partial charge in [-0.05, 0) is 38.8 Å². The Hall–Kier alpha value is -1.84. The third-order valence-electron chi connectivity index (χ3n) is 3.61. The fourth-order valence-corrected chi connectivity index (χ4v) is 2.34. The summed E-state index contributed by atoms with van der Waals surface area (Å²) in [7, 11) is 0. The lowest BCUT2D eigenvalue weighted by Gasteiger charge is -2.24. The molecule has 0 spiro atoms. The zero-order valence-corrected chi connectivity index (χ0v) is 10.6. The van der Waals surface area contributed by atoms with Crippen LogP contribution in [-0.2, 0) is 10.3 Å². The van der Waals surface area contributed by atoms with Crippen LogP contribution in [0.2, 0.25) is 0 Å². The summed E-state index contributed by atoms with van der Waals surface area (Å²) in [6, 6.07) is 7.74. The molecule has 0 amide bonds. The highest BCUT2D eigenvalue weighted by molar-refractivity contribution is 5.82. The van der Waals surface area contributed by atoms with Crippen LogP contribution in [0.4, 0.5) is 0 Å². The highest BCUT2D eigenvalue weighted by Gasteiger charge is 2.38. The fourth-order valence-electron chi connectivity index (χ4n) is 2.34. The lowest BCUT2D eigenvalue weighted by atomic mass is 10.0. The SMILES string of the molecule is CC(C)(C(=O)O)n1c(C2CC2)nc2ccccc21. The molecule has 1 saturated carbocycles. The molecule has 1 heterocycles. The number of aliphatic carboxylic acids is 1. The molecule has 1 aromatic carbocycles. The molecule has 0 bridgehead atoms. The molecule has 94 valence electrons. The number of imidazole rings is 1. The first kappa shape index (κ1) is 11.3. The summed E-state index contributed by atoms with van der Waals surface area (Å²) in [5.41, 5.74) is 0.828. The number of carboxylic acid groups (broad SMARTS) is 1. The maximum absolute atomic E-state index is 11.5. The first-order valence-corrected chi connectivity index (χ1v) is 6.23. The Morgan fingerprint density at radius 2 is 2.06 bits per heavy atom. The van der Waals surface area contributed by atoms with Gasteiger partial charge in [0.15, 0.2) is 0 Å². The minimum atomic E-state index is -0.964. The van der Waals surface area contributed by atoms with Crippen molar-refractivity contribution >= 4 is 17.0 Å². The van der Waals surface area contributed by atoms with E-state index >= 15 is 0 Å². The molecule has 1 aliphatic carbocycles. The van der Waals surface area contributed by atoms with Gasteiger partial charge in [-0.3, -0.25) is 0 Å². The number of fused-ring (bicyclic) bond motifs is 1. The van der Waals surface area contributed by atoms with Gasteiger partial charge in [0.1, 0.15) is 11.4 Å². The van der Waals surface area contributed by atoms with Crippen molar-refractivity contribution in [2.45, 2.75) is 38.1 Å². The Morgan fingerprint density at radius 3 is 2.67 bits per heavy atom. The second kappa shape index (κ2) is 3.57.